The molecule has 0 amide bonds. The van der Waals surface area contributed by atoms with Gasteiger partial charge < -0.3 is 14.9 Å². The molecule has 41 heavy (non-hydrogen) atoms. The number of esters is 1. The number of rotatable bonds is 9. The molecule has 0 spiro atoms. The van der Waals surface area contributed by atoms with E-state index in [9.17, 15) is 24.3 Å². The molecule has 0 saturated heterocycles. The number of hydrogen-bond acceptors (Lipinski definition) is 5. The number of ketones is 1. The molecule has 2 saturated carbocycles. The molecule has 7 nitrogen and oxygen atoms in total. The summed E-state index contributed by atoms with van der Waals surface area (Å²) in [4.78, 5) is 47.9. The average molecular weight is 573 g/mol. The second-order valence-corrected chi connectivity index (χ2v) is 15.3. The molecule has 9 atom stereocenters. The highest BCUT2D eigenvalue weighted by atomic mass is 16.5. The van der Waals surface area contributed by atoms with Gasteiger partial charge in [0, 0.05) is 17.8 Å². The lowest BCUT2D eigenvalue weighted by Crippen LogP contribution is -2.56. The third kappa shape index (κ3) is 5.07. The van der Waals surface area contributed by atoms with Crippen LogP contribution in [0.5, 0.6) is 0 Å². The highest BCUT2D eigenvalue weighted by Crippen LogP contribution is 2.72. The third-order valence-corrected chi connectivity index (χ3v) is 13.2. The predicted octanol–water partition coefficient (Wildman–Crippen LogP) is 7.07. The number of fused-ring (bicyclic) bond motifs is 4. The van der Waals surface area contributed by atoms with Crippen LogP contribution < -0.4 is 0 Å². The van der Waals surface area contributed by atoms with Crippen molar-refractivity contribution in [3.8, 4) is 0 Å². The van der Waals surface area contributed by atoms with Crippen LogP contribution >= 0.6 is 0 Å². The van der Waals surface area contributed by atoms with Crippen LogP contribution in [0.4, 0.5) is 0 Å². The molecule has 4 aliphatic carbocycles. The van der Waals surface area contributed by atoms with Gasteiger partial charge in [-0.3, -0.25) is 19.2 Å². The van der Waals surface area contributed by atoms with E-state index >= 15 is 0 Å². The molecular formula is C34H52O7. The fourth-order valence-corrected chi connectivity index (χ4v) is 10.3. The molecule has 0 aliphatic heterocycles. The summed E-state index contributed by atoms with van der Waals surface area (Å²) >= 11 is 0. The first-order valence-corrected chi connectivity index (χ1v) is 15.8. The van der Waals surface area contributed by atoms with E-state index < -0.39 is 36.2 Å². The van der Waals surface area contributed by atoms with E-state index in [2.05, 4.69) is 41.5 Å². The van der Waals surface area contributed by atoms with Gasteiger partial charge in [0.2, 0.25) is 0 Å². The molecule has 0 aromatic carbocycles. The summed E-state index contributed by atoms with van der Waals surface area (Å²) in [6, 6.07) is 0. The van der Waals surface area contributed by atoms with Crippen molar-refractivity contribution in [2.45, 2.75) is 126 Å². The number of carboxylic acid groups (broad SMARTS) is 2. The van der Waals surface area contributed by atoms with Gasteiger partial charge in [-0.05, 0) is 85.4 Å². The van der Waals surface area contributed by atoms with Crippen molar-refractivity contribution in [3.05, 3.63) is 11.1 Å². The normalized spacial score (nSPS) is 38.1. The molecule has 0 heterocycles. The molecule has 0 aromatic heterocycles. The SMILES string of the molecule is CC(C(=O)O)[C@@H](C)C(=O)C[C@@H](C)[C@H]1CC[C@@]2(C)C3=C(CC[C@]12C)[C@@]1(C)CC[C@@H](OC(=O)CC(=O)O)C(C)(C)[C@@H]1CC3. The van der Waals surface area contributed by atoms with Crippen molar-refractivity contribution in [3.63, 3.8) is 0 Å². The zero-order valence-corrected chi connectivity index (χ0v) is 26.5. The van der Waals surface area contributed by atoms with Crippen molar-refractivity contribution >= 4 is 23.7 Å². The highest BCUT2D eigenvalue weighted by Gasteiger charge is 2.63. The molecule has 4 rings (SSSR count). The fourth-order valence-electron chi connectivity index (χ4n) is 10.3. The molecular weight excluding hydrogens is 520 g/mol. The lowest BCUT2D eigenvalue weighted by Gasteiger charge is -2.62. The number of ether oxygens (including phenoxy) is 1. The van der Waals surface area contributed by atoms with E-state index in [0.717, 1.165) is 51.4 Å². The van der Waals surface area contributed by atoms with E-state index in [1.807, 2.05) is 0 Å². The molecule has 0 aromatic rings. The number of carbonyl (C=O) groups is 4. The van der Waals surface area contributed by atoms with Crippen LogP contribution in [-0.2, 0) is 23.9 Å². The summed E-state index contributed by atoms with van der Waals surface area (Å²) in [7, 11) is 0. The Hall–Kier alpha value is -2.18. The predicted molar refractivity (Wildman–Crippen MR) is 156 cm³/mol. The Labute approximate surface area is 245 Å². The Morgan fingerprint density at radius 3 is 2.12 bits per heavy atom. The first-order chi connectivity index (χ1) is 18.9. The number of allylic oxidation sites excluding steroid dienone is 2. The molecule has 2 N–H and O–H groups in total. The van der Waals surface area contributed by atoms with Gasteiger partial charge in [0.1, 0.15) is 18.3 Å². The first kappa shape index (κ1) is 31.7. The van der Waals surface area contributed by atoms with E-state index in [1.54, 1.807) is 25.0 Å². The standard InChI is InChI=1S/C34H52O7/c1-19(17-25(35)20(2)21(3)30(39)40)22-11-15-34(8)24-9-10-26-31(4,5)27(41-29(38)18-28(36)37)13-14-32(26,6)23(24)12-16-33(22,34)7/h19-22,26-27H,9-18H2,1-8H3,(H,36,37)(H,39,40)/t19-,20-,21?,22-,26+,27-,32-,33-,34+/m1/s1. The monoisotopic (exact) mass is 572 g/mol. The lowest BCUT2D eigenvalue weighted by atomic mass is 9.43. The first-order valence-electron chi connectivity index (χ1n) is 15.8. The largest absolute Gasteiger partial charge is 0.481 e. The van der Waals surface area contributed by atoms with Crippen LogP contribution in [0.25, 0.3) is 0 Å². The minimum Gasteiger partial charge on any atom is -0.481 e. The second kappa shape index (κ2) is 10.8. The third-order valence-electron chi connectivity index (χ3n) is 13.2. The number of carboxylic acids is 2. The minimum atomic E-state index is -1.16. The van der Waals surface area contributed by atoms with Gasteiger partial charge in [-0.15, -0.1) is 0 Å². The maximum Gasteiger partial charge on any atom is 0.317 e. The number of hydrogen-bond donors (Lipinski definition) is 2. The Morgan fingerprint density at radius 1 is 0.854 bits per heavy atom. The van der Waals surface area contributed by atoms with E-state index in [0.29, 0.717) is 18.3 Å². The number of Topliss-reactive ketones (excluding diaryl/α,β-unsaturated/α-hetero) is 1. The van der Waals surface area contributed by atoms with E-state index in [-0.39, 0.29) is 39.5 Å². The lowest BCUT2D eigenvalue weighted by molar-refractivity contribution is -0.172. The van der Waals surface area contributed by atoms with Crippen LogP contribution in [0, 0.1) is 51.2 Å². The smallest absolute Gasteiger partial charge is 0.317 e. The maximum atomic E-state index is 13.1. The Bertz CT molecular complexity index is 1140. The number of aliphatic carboxylic acids is 2. The van der Waals surface area contributed by atoms with Crippen LogP contribution in [0.15, 0.2) is 11.1 Å². The van der Waals surface area contributed by atoms with Crippen molar-refractivity contribution in [2.75, 3.05) is 0 Å². The molecule has 0 bridgehead atoms. The van der Waals surface area contributed by atoms with Gasteiger partial charge in [0.05, 0.1) is 5.92 Å². The fraction of sp³-hybridized carbons (Fsp3) is 0.824. The maximum absolute atomic E-state index is 13.1. The van der Waals surface area contributed by atoms with Crippen molar-refractivity contribution in [1.82, 2.24) is 0 Å². The zero-order chi connectivity index (χ0) is 30.7. The van der Waals surface area contributed by atoms with Gasteiger partial charge in [-0.25, -0.2) is 0 Å². The van der Waals surface area contributed by atoms with Crippen molar-refractivity contribution in [1.29, 1.82) is 0 Å². The van der Waals surface area contributed by atoms with E-state index in [1.165, 1.54) is 0 Å². The highest BCUT2D eigenvalue weighted by molar-refractivity contribution is 5.90. The van der Waals surface area contributed by atoms with Gasteiger partial charge >= 0.3 is 17.9 Å². The van der Waals surface area contributed by atoms with Crippen LogP contribution in [0.1, 0.15) is 120 Å². The molecule has 7 heteroatoms. The van der Waals surface area contributed by atoms with Gasteiger partial charge in [-0.1, -0.05) is 66.5 Å². The van der Waals surface area contributed by atoms with Crippen molar-refractivity contribution < 1.29 is 34.1 Å². The Kier molecular flexibility index (Phi) is 8.38. The summed E-state index contributed by atoms with van der Waals surface area (Å²) in [6.07, 6.45) is 7.67. The van der Waals surface area contributed by atoms with Gasteiger partial charge in [-0.2, -0.15) is 0 Å². The topological polar surface area (TPSA) is 118 Å². The second-order valence-electron chi connectivity index (χ2n) is 15.3. The quantitative estimate of drug-likeness (QED) is 0.172. The summed E-state index contributed by atoms with van der Waals surface area (Å²) < 4.78 is 5.77. The summed E-state index contributed by atoms with van der Waals surface area (Å²) in [5.41, 5.74) is 3.19. The van der Waals surface area contributed by atoms with Crippen LogP contribution in [0.2, 0.25) is 0 Å². The van der Waals surface area contributed by atoms with E-state index in [4.69, 9.17) is 9.84 Å². The average Bonchev–Trinajstić information content (AvgIpc) is 3.15. The Morgan fingerprint density at radius 2 is 1.51 bits per heavy atom. The Balaban J connectivity index is 1.56. The van der Waals surface area contributed by atoms with Gasteiger partial charge in [0.15, 0.2) is 0 Å². The molecule has 230 valence electrons. The number of carbonyl (C=O) groups excluding carboxylic acids is 2. The summed E-state index contributed by atoms with van der Waals surface area (Å²) in [5, 5.41) is 18.4. The summed E-state index contributed by atoms with van der Waals surface area (Å²) in [6.45, 7) is 17.3. The molecule has 0 radical (unpaired) electrons. The molecule has 1 unspecified atom stereocenters. The van der Waals surface area contributed by atoms with Crippen LogP contribution in [0.3, 0.4) is 0 Å². The molecule has 4 aliphatic rings. The molecule has 2 fully saturated rings. The minimum absolute atomic E-state index is 0.0270. The van der Waals surface area contributed by atoms with Crippen molar-refractivity contribution in [2.24, 2.45) is 51.2 Å². The zero-order valence-electron chi connectivity index (χ0n) is 26.5. The van der Waals surface area contributed by atoms with Crippen LogP contribution in [-0.4, -0.2) is 40.0 Å². The summed E-state index contributed by atoms with van der Waals surface area (Å²) in [5.74, 6) is -2.81. The van der Waals surface area contributed by atoms with Gasteiger partial charge in [0.25, 0.3) is 0 Å².